The van der Waals surface area contributed by atoms with Gasteiger partial charge < -0.3 is 5.32 Å². The molecule has 0 aromatic heterocycles. The van der Waals surface area contributed by atoms with Gasteiger partial charge in [0.05, 0.1) is 0 Å². The molecule has 1 nitrogen and oxygen atoms in total. The third kappa shape index (κ3) is 1.74. The number of anilines is 1. The van der Waals surface area contributed by atoms with Gasteiger partial charge in [0.25, 0.3) is 0 Å². The largest absolute Gasteiger partial charge is 0.381 e. The van der Waals surface area contributed by atoms with Crippen LogP contribution in [0.4, 0.5) is 5.69 Å². The Morgan fingerprint density at radius 2 is 2.00 bits per heavy atom. The second-order valence-corrected chi connectivity index (χ2v) is 7.63. The topological polar surface area (TPSA) is 12.0 Å². The molecule has 0 amide bonds. The first-order valence-corrected chi connectivity index (χ1v) is 7.76. The van der Waals surface area contributed by atoms with E-state index in [2.05, 4.69) is 39.1 Å². The van der Waals surface area contributed by atoms with Crippen LogP contribution in [0, 0.1) is 23.7 Å². The molecule has 0 spiro atoms. The van der Waals surface area contributed by atoms with Crippen molar-refractivity contribution < 1.29 is 0 Å². The lowest BCUT2D eigenvalue weighted by Gasteiger charge is -2.40. The maximum absolute atomic E-state index is 6.23. The van der Waals surface area contributed by atoms with Gasteiger partial charge in [-0.25, -0.2) is 0 Å². The first-order valence-electron chi connectivity index (χ1n) is 7.38. The van der Waals surface area contributed by atoms with Crippen LogP contribution < -0.4 is 5.32 Å². The minimum absolute atomic E-state index is 0.409. The van der Waals surface area contributed by atoms with Crippen molar-refractivity contribution >= 4 is 17.3 Å². The average Bonchev–Trinajstić information content (AvgIpc) is 2.68. The molecule has 1 aromatic carbocycles. The van der Waals surface area contributed by atoms with E-state index in [0.29, 0.717) is 16.9 Å². The third-order valence-corrected chi connectivity index (χ3v) is 6.80. The fourth-order valence-corrected chi connectivity index (χ4v) is 4.55. The summed E-state index contributed by atoms with van der Waals surface area (Å²) in [5.74, 6) is 0.870. The van der Waals surface area contributed by atoms with Gasteiger partial charge in [-0.1, -0.05) is 38.4 Å². The molecule has 2 aliphatic carbocycles. The predicted octanol–water partition coefficient (Wildman–Crippen LogP) is 5.28. The van der Waals surface area contributed by atoms with E-state index in [9.17, 15) is 0 Å². The molecule has 2 heteroatoms. The van der Waals surface area contributed by atoms with Crippen LogP contribution in [-0.4, -0.2) is 6.04 Å². The van der Waals surface area contributed by atoms with Gasteiger partial charge in [0.1, 0.15) is 0 Å². The van der Waals surface area contributed by atoms with Crippen LogP contribution in [-0.2, 0) is 0 Å². The van der Waals surface area contributed by atoms with Crippen molar-refractivity contribution in [3.8, 4) is 0 Å². The first kappa shape index (κ1) is 13.3. The molecule has 0 saturated heterocycles. The maximum Gasteiger partial charge on any atom is 0.0455 e. The van der Waals surface area contributed by atoms with Gasteiger partial charge in [-0.05, 0) is 60.6 Å². The van der Waals surface area contributed by atoms with E-state index in [-0.39, 0.29) is 0 Å². The van der Waals surface area contributed by atoms with E-state index in [1.54, 1.807) is 0 Å². The van der Waals surface area contributed by atoms with Crippen molar-refractivity contribution in [1.82, 2.24) is 0 Å². The summed E-state index contributed by atoms with van der Waals surface area (Å²) in [6, 6.07) is 6.74. The number of halogens is 1. The van der Waals surface area contributed by atoms with Gasteiger partial charge in [-0.3, -0.25) is 0 Å². The number of hydrogen-bond donors (Lipinski definition) is 1. The molecule has 0 heterocycles. The molecular weight excluding hydrogens is 254 g/mol. The zero-order chi connectivity index (χ0) is 13.8. The summed E-state index contributed by atoms with van der Waals surface area (Å²) in [4.78, 5) is 0. The molecule has 3 rings (SSSR count). The van der Waals surface area contributed by atoms with Crippen LogP contribution in [0.3, 0.4) is 0 Å². The molecule has 1 aromatic rings. The van der Waals surface area contributed by atoms with E-state index in [0.717, 1.165) is 10.9 Å². The molecule has 0 radical (unpaired) electrons. The minimum Gasteiger partial charge on any atom is -0.381 e. The summed E-state index contributed by atoms with van der Waals surface area (Å²) >= 11 is 6.23. The van der Waals surface area contributed by atoms with Crippen molar-refractivity contribution in [2.45, 2.75) is 53.0 Å². The van der Waals surface area contributed by atoms with Crippen LogP contribution in [0.5, 0.6) is 0 Å². The Balaban J connectivity index is 1.88. The normalized spacial score (nSPS) is 35.6. The molecular formula is C17H24ClN. The zero-order valence-corrected chi connectivity index (χ0v) is 13.1. The molecule has 19 heavy (non-hydrogen) atoms. The minimum atomic E-state index is 0.409. The maximum atomic E-state index is 6.23. The van der Waals surface area contributed by atoms with Gasteiger partial charge in [-0.2, -0.15) is 0 Å². The molecule has 2 aliphatic rings. The zero-order valence-electron chi connectivity index (χ0n) is 12.4. The smallest absolute Gasteiger partial charge is 0.0455 e. The third-order valence-electron chi connectivity index (χ3n) is 6.39. The second-order valence-electron chi connectivity index (χ2n) is 7.22. The summed E-state index contributed by atoms with van der Waals surface area (Å²) in [5, 5.41) is 4.65. The number of benzene rings is 1. The van der Waals surface area contributed by atoms with Crippen LogP contribution in [0.25, 0.3) is 0 Å². The lowest BCUT2D eigenvalue weighted by Crippen LogP contribution is -2.40. The van der Waals surface area contributed by atoms with Gasteiger partial charge >= 0.3 is 0 Å². The molecule has 104 valence electrons. The first-order chi connectivity index (χ1) is 8.86. The highest BCUT2D eigenvalue weighted by Crippen LogP contribution is 2.65. The highest BCUT2D eigenvalue weighted by Gasteiger charge is 2.61. The predicted molar refractivity (Wildman–Crippen MR) is 82.8 cm³/mol. The van der Waals surface area contributed by atoms with Crippen molar-refractivity contribution in [3.05, 3.63) is 28.8 Å². The summed E-state index contributed by atoms with van der Waals surface area (Å²) in [5.41, 5.74) is 3.25. The Bertz CT molecular complexity index is 508. The van der Waals surface area contributed by atoms with Crippen LogP contribution >= 0.6 is 11.6 Å². The summed E-state index contributed by atoms with van der Waals surface area (Å²) in [7, 11) is 0. The summed E-state index contributed by atoms with van der Waals surface area (Å²) < 4.78 is 0. The highest BCUT2D eigenvalue weighted by molar-refractivity contribution is 6.31. The number of rotatable bonds is 2. The molecule has 2 saturated carbocycles. The molecule has 2 fully saturated rings. The molecule has 1 N–H and O–H groups in total. The Kier molecular flexibility index (Phi) is 2.91. The van der Waals surface area contributed by atoms with Crippen molar-refractivity contribution in [1.29, 1.82) is 0 Å². The molecule has 2 bridgehead atoms. The van der Waals surface area contributed by atoms with E-state index >= 15 is 0 Å². The van der Waals surface area contributed by atoms with E-state index in [1.165, 1.54) is 30.5 Å². The van der Waals surface area contributed by atoms with Crippen LogP contribution in [0.1, 0.15) is 45.6 Å². The summed E-state index contributed by atoms with van der Waals surface area (Å²) in [6.07, 6.45) is 4.05. The van der Waals surface area contributed by atoms with E-state index < -0.39 is 0 Å². The Morgan fingerprint density at radius 3 is 2.58 bits per heavy atom. The lowest BCUT2D eigenvalue weighted by molar-refractivity contribution is 0.142. The highest BCUT2D eigenvalue weighted by atomic mass is 35.5. The molecule has 3 unspecified atom stereocenters. The number of fused-ring (bicyclic) bond motifs is 2. The average molecular weight is 278 g/mol. The van der Waals surface area contributed by atoms with Crippen molar-refractivity contribution in [3.63, 3.8) is 0 Å². The van der Waals surface area contributed by atoms with Crippen molar-refractivity contribution in [2.24, 2.45) is 16.7 Å². The SMILES string of the molecule is Cc1c(Cl)cccc1NC1CC2CCC1(C)C2(C)C. The van der Waals surface area contributed by atoms with Gasteiger partial charge in [0.15, 0.2) is 0 Å². The summed E-state index contributed by atoms with van der Waals surface area (Å²) in [6.45, 7) is 9.48. The van der Waals surface area contributed by atoms with Crippen molar-refractivity contribution in [2.75, 3.05) is 5.32 Å². The van der Waals surface area contributed by atoms with E-state index in [4.69, 9.17) is 11.6 Å². The van der Waals surface area contributed by atoms with E-state index in [1.807, 2.05) is 12.1 Å². The van der Waals surface area contributed by atoms with Gasteiger partial charge in [0, 0.05) is 16.8 Å². The lowest BCUT2D eigenvalue weighted by atomic mass is 9.69. The van der Waals surface area contributed by atoms with Crippen LogP contribution in [0.15, 0.2) is 18.2 Å². The Morgan fingerprint density at radius 1 is 1.26 bits per heavy atom. The number of nitrogens with one attached hydrogen (secondary N) is 1. The standard InChI is InChI=1S/C17H24ClN/c1-11-13(18)6-5-7-14(11)19-15-10-12-8-9-17(15,4)16(12,2)3/h5-7,12,15,19H,8-10H2,1-4H3. The Hall–Kier alpha value is -0.690. The number of hydrogen-bond acceptors (Lipinski definition) is 1. The van der Waals surface area contributed by atoms with Gasteiger partial charge in [0.2, 0.25) is 0 Å². The molecule has 0 aliphatic heterocycles. The Labute approximate surface area is 121 Å². The fraction of sp³-hybridized carbons (Fsp3) is 0.647. The fourth-order valence-electron chi connectivity index (χ4n) is 4.37. The quantitative estimate of drug-likeness (QED) is 0.776. The van der Waals surface area contributed by atoms with Crippen LogP contribution in [0.2, 0.25) is 5.02 Å². The second kappa shape index (κ2) is 4.15. The molecule has 3 atom stereocenters. The monoisotopic (exact) mass is 277 g/mol. The van der Waals surface area contributed by atoms with Gasteiger partial charge in [-0.15, -0.1) is 0 Å².